The van der Waals surface area contributed by atoms with Crippen LogP contribution < -0.4 is 14.8 Å². The molecular formula is C15H21Cl2NO2. The van der Waals surface area contributed by atoms with Crippen LogP contribution in [0.3, 0.4) is 0 Å². The summed E-state index contributed by atoms with van der Waals surface area (Å²) in [4.78, 5) is 0. The van der Waals surface area contributed by atoms with Crippen molar-refractivity contribution < 1.29 is 9.47 Å². The van der Waals surface area contributed by atoms with Crippen LogP contribution in [0.2, 0.25) is 0 Å². The molecule has 0 amide bonds. The van der Waals surface area contributed by atoms with Crippen molar-refractivity contribution in [2.75, 3.05) is 20.3 Å². The van der Waals surface area contributed by atoms with Gasteiger partial charge in [-0.2, -0.15) is 0 Å². The number of halogens is 2. The fraction of sp³-hybridized carbons (Fsp3) is 0.467. The minimum Gasteiger partial charge on any atom is -0.493 e. The van der Waals surface area contributed by atoms with E-state index in [1.807, 2.05) is 18.2 Å². The van der Waals surface area contributed by atoms with Crippen LogP contribution in [0, 0.1) is 0 Å². The zero-order valence-electron chi connectivity index (χ0n) is 12.1. The lowest BCUT2D eigenvalue weighted by Crippen LogP contribution is -2.19. The lowest BCUT2D eigenvalue weighted by Gasteiger charge is -2.16. The van der Waals surface area contributed by atoms with E-state index in [9.17, 15) is 0 Å². The number of hydrogen-bond acceptors (Lipinski definition) is 3. The van der Waals surface area contributed by atoms with Gasteiger partial charge in [0.25, 0.3) is 0 Å². The number of ether oxygens (including phenoxy) is 2. The molecule has 5 heteroatoms. The maximum absolute atomic E-state index is 5.80. The van der Waals surface area contributed by atoms with E-state index in [1.54, 1.807) is 7.11 Å². The van der Waals surface area contributed by atoms with E-state index in [2.05, 4.69) is 19.2 Å². The summed E-state index contributed by atoms with van der Waals surface area (Å²) in [6.07, 6.45) is 1.10. The summed E-state index contributed by atoms with van der Waals surface area (Å²) in [5.41, 5.74) is 2.45. The molecule has 1 aromatic carbocycles. The van der Waals surface area contributed by atoms with Crippen LogP contribution in [0.1, 0.15) is 31.9 Å². The molecule has 0 saturated carbocycles. The normalized spacial score (nSPS) is 13.2. The molecule has 3 nitrogen and oxygen atoms in total. The standard InChI is InChI=1S/C15H21Cl2NO2/c1-4-7-18-11(2)12-5-6-14(15(8-12)19-3)20-10-13(17)9-16/h5-6,8-9,11,18H,4,7,10H2,1-3H3/b13-9-. The second-order valence-electron chi connectivity index (χ2n) is 4.43. The number of rotatable bonds is 8. The minimum atomic E-state index is 0.227. The summed E-state index contributed by atoms with van der Waals surface area (Å²) in [5, 5.41) is 3.88. The van der Waals surface area contributed by atoms with Crippen molar-refractivity contribution in [3.8, 4) is 11.5 Å². The molecule has 20 heavy (non-hydrogen) atoms. The quantitative estimate of drug-likeness (QED) is 0.768. The third-order valence-corrected chi connectivity index (χ3v) is 3.47. The number of benzene rings is 1. The molecule has 0 aliphatic carbocycles. The highest BCUT2D eigenvalue weighted by Gasteiger charge is 2.10. The van der Waals surface area contributed by atoms with Crippen molar-refractivity contribution in [1.82, 2.24) is 5.32 Å². The van der Waals surface area contributed by atoms with Crippen molar-refractivity contribution >= 4 is 23.2 Å². The molecule has 1 rings (SSSR count). The third-order valence-electron chi connectivity index (χ3n) is 2.87. The molecule has 1 aromatic rings. The molecule has 0 radical (unpaired) electrons. The molecule has 0 heterocycles. The predicted octanol–water partition coefficient (Wildman–Crippen LogP) is 4.45. The first kappa shape index (κ1) is 17.2. The Labute approximate surface area is 130 Å². The van der Waals surface area contributed by atoms with Gasteiger partial charge in [-0.25, -0.2) is 0 Å². The second-order valence-corrected chi connectivity index (χ2v) is 5.13. The van der Waals surface area contributed by atoms with E-state index in [4.69, 9.17) is 32.7 Å². The van der Waals surface area contributed by atoms with Crippen LogP contribution in [0.5, 0.6) is 11.5 Å². The van der Waals surface area contributed by atoms with Crippen molar-refractivity contribution in [2.24, 2.45) is 0 Å². The van der Waals surface area contributed by atoms with Gasteiger partial charge >= 0.3 is 0 Å². The van der Waals surface area contributed by atoms with Gasteiger partial charge in [-0.1, -0.05) is 36.2 Å². The van der Waals surface area contributed by atoms with Crippen LogP contribution in [0.4, 0.5) is 0 Å². The molecule has 0 saturated heterocycles. The first-order valence-corrected chi connectivity index (χ1v) is 7.42. The molecule has 1 atom stereocenters. The fourth-order valence-electron chi connectivity index (χ4n) is 1.73. The highest BCUT2D eigenvalue weighted by Crippen LogP contribution is 2.30. The average Bonchev–Trinajstić information content (AvgIpc) is 2.49. The maximum atomic E-state index is 5.80. The molecule has 0 bridgehead atoms. The largest absolute Gasteiger partial charge is 0.493 e. The average molecular weight is 318 g/mol. The molecule has 0 aliphatic rings. The molecule has 0 fully saturated rings. The van der Waals surface area contributed by atoms with E-state index >= 15 is 0 Å². The molecule has 0 aliphatic heterocycles. The van der Waals surface area contributed by atoms with Gasteiger partial charge < -0.3 is 14.8 Å². The summed E-state index contributed by atoms with van der Waals surface area (Å²) in [6, 6.07) is 6.14. The van der Waals surface area contributed by atoms with E-state index in [1.165, 1.54) is 5.54 Å². The van der Waals surface area contributed by atoms with Gasteiger partial charge in [0, 0.05) is 11.6 Å². The third kappa shape index (κ3) is 5.23. The molecule has 1 unspecified atom stereocenters. The number of methoxy groups -OCH3 is 1. The lowest BCUT2D eigenvalue weighted by molar-refractivity contribution is 0.323. The van der Waals surface area contributed by atoms with Gasteiger partial charge in [-0.05, 0) is 37.6 Å². The lowest BCUT2D eigenvalue weighted by atomic mass is 10.1. The van der Waals surface area contributed by atoms with Crippen LogP contribution in [0.25, 0.3) is 0 Å². The highest BCUT2D eigenvalue weighted by molar-refractivity contribution is 6.36. The van der Waals surface area contributed by atoms with Gasteiger partial charge in [-0.15, -0.1) is 0 Å². The Balaban J connectivity index is 2.79. The molecule has 1 N–H and O–H groups in total. The van der Waals surface area contributed by atoms with E-state index in [-0.39, 0.29) is 12.6 Å². The number of nitrogens with one attached hydrogen (secondary N) is 1. The molecule has 0 spiro atoms. The smallest absolute Gasteiger partial charge is 0.161 e. The van der Waals surface area contributed by atoms with Crippen molar-refractivity contribution in [2.45, 2.75) is 26.3 Å². The van der Waals surface area contributed by atoms with Crippen molar-refractivity contribution in [3.05, 3.63) is 34.3 Å². The molecule has 112 valence electrons. The van der Waals surface area contributed by atoms with Crippen molar-refractivity contribution in [1.29, 1.82) is 0 Å². The first-order chi connectivity index (χ1) is 9.62. The molecular weight excluding hydrogens is 297 g/mol. The van der Waals surface area contributed by atoms with Crippen LogP contribution in [-0.4, -0.2) is 20.3 Å². The minimum absolute atomic E-state index is 0.227. The Hall–Kier alpha value is -0.900. The van der Waals surface area contributed by atoms with Gasteiger partial charge in [0.05, 0.1) is 12.1 Å². The van der Waals surface area contributed by atoms with E-state index in [0.29, 0.717) is 16.5 Å². The molecule has 0 aromatic heterocycles. The first-order valence-electron chi connectivity index (χ1n) is 6.61. The zero-order chi connectivity index (χ0) is 15.0. The van der Waals surface area contributed by atoms with Gasteiger partial charge in [-0.3, -0.25) is 0 Å². The summed E-state index contributed by atoms with van der Waals surface area (Å²) < 4.78 is 10.9. The highest BCUT2D eigenvalue weighted by atomic mass is 35.5. The number of hydrogen-bond donors (Lipinski definition) is 1. The zero-order valence-corrected chi connectivity index (χ0v) is 13.6. The SMILES string of the molecule is CCCNC(C)c1ccc(OC/C(Cl)=C/Cl)c(OC)c1. The Kier molecular flexibility index (Phi) is 7.82. The summed E-state index contributed by atoms with van der Waals surface area (Å²) in [5.74, 6) is 1.34. The maximum Gasteiger partial charge on any atom is 0.161 e. The second kappa shape index (κ2) is 9.11. The Morgan fingerprint density at radius 2 is 2.15 bits per heavy atom. The summed E-state index contributed by atoms with van der Waals surface area (Å²) in [6.45, 7) is 5.48. The summed E-state index contributed by atoms with van der Waals surface area (Å²) >= 11 is 11.3. The van der Waals surface area contributed by atoms with Crippen molar-refractivity contribution in [3.63, 3.8) is 0 Å². The Bertz CT molecular complexity index is 449. The van der Waals surface area contributed by atoms with Gasteiger partial charge in [0.1, 0.15) is 6.61 Å². The van der Waals surface area contributed by atoms with Crippen LogP contribution in [0.15, 0.2) is 28.8 Å². The van der Waals surface area contributed by atoms with Crippen LogP contribution >= 0.6 is 23.2 Å². The predicted molar refractivity (Wildman–Crippen MR) is 85.0 cm³/mol. The van der Waals surface area contributed by atoms with Crippen LogP contribution in [-0.2, 0) is 0 Å². The Morgan fingerprint density at radius 1 is 1.40 bits per heavy atom. The van der Waals surface area contributed by atoms with E-state index < -0.39 is 0 Å². The Morgan fingerprint density at radius 3 is 2.75 bits per heavy atom. The van der Waals surface area contributed by atoms with E-state index in [0.717, 1.165) is 18.5 Å². The fourth-order valence-corrected chi connectivity index (χ4v) is 1.85. The van der Waals surface area contributed by atoms with Gasteiger partial charge in [0.15, 0.2) is 11.5 Å². The topological polar surface area (TPSA) is 30.5 Å². The summed E-state index contributed by atoms with van der Waals surface area (Å²) in [7, 11) is 1.62. The van der Waals surface area contributed by atoms with Gasteiger partial charge in [0.2, 0.25) is 0 Å². The monoisotopic (exact) mass is 317 g/mol.